The monoisotopic (exact) mass is 831 g/mol. The van der Waals surface area contributed by atoms with Gasteiger partial charge in [0.25, 0.3) is 0 Å². The van der Waals surface area contributed by atoms with Crippen molar-refractivity contribution in [2.75, 3.05) is 30.5 Å². The van der Waals surface area contributed by atoms with Gasteiger partial charge in [-0.1, -0.05) is 39.8 Å². The van der Waals surface area contributed by atoms with Gasteiger partial charge < -0.3 is 32.8 Å². The molecule has 3 aromatic rings. The quantitative estimate of drug-likeness (QED) is 0.0554. The Morgan fingerprint density at radius 2 is 1.47 bits per heavy atom. The second kappa shape index (κ2) is 19.6. The Balaban J connectivity index is 2.01. The topological polar surface area (TPSA) is 162 Å². The largest absolute Gasteiger partial charge is 0.755 e. The van der Waals surface area contributed by atoms with Crippen molar-refractivity contribution in [1.29, 1.82) is 0 Å². The van der Waals surface area contributed by atoms with Crippen molar-refractivity contribution in [1.82, 2.24) is 14.7 Å². The van der Waals surface area contributed by atoms with E-state index in [2.05, 4.69) is 25.9 Å². The molecule has 1 heterocycles. The molecule has 57 heavy (non-hydrogen) atoms. The molecule has 0 fully saturated rings. The lowest BCUT2D eigenvalue weighted by atomic mass is 10.1. The lowest BCUT2D eigenvalue weighted by Gasteiger charge is -2.37. The molecule has 2 unspecified atom stereocenters. The normalized spacial score (nSPS) is 13.5. The number of aryl methyl sites for hydroxylation is 1. The van der Waals surface area contributed by atoms with Crippen molar-refractivity contribution in [3.8, 4) is 5.75 Å². The number of benzene rings is 2. The molecule has 1 amide bonds. The van der Waals surface area contributed by atoms with Crippen molar-refractivity contribution in [3.05, 3.63) is 53.7 Å². The number of amides is 1. The maximum absolute atomic E-state index is 13.9. The minimum atomic E-state index is -2.80. The van der Waals surface area contributed by atoms with Gasteiger partial charge >= 0.3 is 18.2 Å². The van der Waals surface area contributed by atoms with Crippen LogP contribution in [-0.2, 0) is 41.1 Å². The first-order chi connectivity index (χ1) is 26.4. The highest BCUT2D eigenvalue weighted by Crippen LogP contribution is 2.33. The summed E-state index contributed by atoms with van der Waals surface area (Å²) in [7, 11) is -2.34. The highest BCUT2D eigenvalue weighted by Gasteiger charge is 2.35. The number of esters is 1. The van der Waals surface area contributed by atoms with Crippen molar-refractivity contribution >= 4 is 54.3 Å². The summed E-state index contributed by atoms with van der Waals surface area (Å²) in [5.74, 6) is -0.237. The SMILES string of the molecule is CCc1nn(C(=O)OC(C)(C)C)c2cc(OCCN(CC(O[Si](CC)(CC)CC)c3cccc(N(CC(=O)OC(C)(C)C)S(=O)[O-])c3)C(=O)OC(C)(C)C)ccc12. The van der Waals surface area contributed by atoms with Crippen LogP contribution in [0.4, 0.5) is 15.3 Å². The smallest absolute Gasteiger partial charge is 0.435 e. The van der Waals surface area contributed by atoms with Gasteiger partial charge in [-0.2, -0.15) is 9.78 Å². The van der Waals surface area contributed by atoms with Gasteiger partial charge in [0, 0.05) is 28.4 Å². The highest BCUT2D eigenvalue weighted by molar-refractivity contribution is 7.80. The zero-order valence-corrected chi connectivity index (χ0v) is 37.9. The Morgan fingerprint density at radius 1 is 0.860 bits per heavy atom. The van der Waals surface area contributed by atoms with Crippen LogP contribution >= 0.6 is 0 Å². The first kappa shape index (κ1) is 47.4. The molecular weight excluding hydrogens is 769 g/mol. The molecule has 14 nitrogen and oxygen atoms in total. The van der Waals surface area contributed by atoms with Crippen LogP contribution in [0.25, 0.3) is 10.9 Å². The van der Waals surface area contributed by atoms with Crippen molar-refractivity contribution in [2.24, 2.45) is 0 Å². The predicted octanol–water partition coefficient (Wildman–Crippen LogP) is 8.70. The zero-order chi connectivity index (χ0) is 42.9. The molecule has 2 atom stereocenters. The molecule has 0 bridgehead atoms. The number of hydrogen-bond acceptors (Lipinski definition) is 11. The van der Waals surface area contributed by atoms with E-state index in [0.717, 1.165) is 33.5 Å². The van der Waals surface area contributed by atoms with Crippen LogP contribution in [0.3, 0.4) is 0 Å². The number of anilines is 1. The van der Waals surface area contributed by atoms with Crippen LogP contribution in [0.15, 0.2) is 42.5 Å². The van der Waals surface area contributed by atoms with E-state index in [1.165, 1.54) is 9.58 Å². The van der Waals surface area contributed by atoms with Gasteiger partial charge in [-0.15, -0.1) is 0 Å². The molecule has 0 radical (unpaired) electrons. The lowest BCUT2D eigenvalue weighted by molar-refractivity contribution is -0.152. The molecule has 1 aromatic heterocycles. The van der Waals surface area contributed by atoms with Crippen LogP contribution in [0.1, 0.15) is 107 Å². The molecule has 0 saturated heterocycles. The maximum Gasteiger partial charge on any atom is 0.435 e. The van der Waals surface area contributed by atoms with E-state index < -0.39 is 67.2 Å². The summed E-state index contributed by atoms with van der Waals surface area (Å²) in [5, 5.41) is 5.31. The summed E-state index contributed by atoms with van der Waals surface area (Å²) in [6.45, 7) is 23.8. The number of aromatic nitrogens is 2. The second-order valence-corrected chi connectivity index (χ2v) is 22.5. The summed E-state index contributed by atoms with van der Waals surface area (Å²) in [5.41, 5.74) is -0.164. The van der Waals surface area contributed by atoms with Gasteiger partial charge in [-0.25, -0.2) is 9.59 Å². The van der Waals surface area contributed by atoms with Gasteiger partial charge in [0.05, 0.1) is 30.4 Å². The number of carbonyl (C=O) groups excluding carboxylic acids is 3. The van der Waals surface area contributed by atoms with Gasteiger partial charge in [0.2, 0.25) is 0 Å². The van der Waals surface area contributed by atoms with E-state index in [9.17, 15) is 23.1 Å². The first-order valence-electron chi connectivity index (χ1n) is 19.7. The van der Waals surface area contributed by atoms with Crippen LogP contribution < -0.4 is 9.04 Å². The maximum atomic E-state index is 13.9. The molecule has 0 spiro atoms. The number of fused-ring (bicyclic) bond motifs is 1. The summed E-state index contributed by atoms with van der Waals surface area (Å²) >= 11 is -2.80. The molecular formula is C41H63N4O10SSi-. The van der Waals surface area contributed by atoms with Gasteiger partial charge in [0.1, 0.15) is 35.7 Å². The Bertz CT molecular complexity index is 1850. The van der Waals surface area contributed by atoms with E-state index in [1.807, 2.05) is 19.1 Å². The van der Waals surface area contributed by atoms with Gasteiger partial charge in [0.15, 0.2) is 8.32 Å². The summed E-state index contributed by atoms with van der Waals surface area (Å²) in [6.07, 6.45) is -1.25. The third-order valence-corrected chi connectivity index (χ3v) is 14.4. The number of carbonyl (C=O) groups is 3. The Labute approximate surface area is 342 Å². The molecule has 0 aliphatic rings. The molecule has 0 N–H and O–H groups in total. The average molecular weight is 832 g/mol. The summed E-state index contributed by atoms with van der Waals surface area (Å²) in [6, 6.07) is 14.6. The van der Waals surface area contributed by atoms with E-state index in [1.54, 1.807) is 92.6 Å². The molecule has 0 saturated carbocycles. The van der Waals surface area contributed by atoms with Crippen LogP contribution in [0.2, 0.25) is 18.1 Å². The Morgan fingerprint density at radius 3 is 2.02 bits per heavy atom. The number of rotatable bonds is 17. The highest BCUT2D eigenvalue weighted by atomic mass is 32.2. The third kappa shape index (κ3) is 14.1. The second-order valence-electron chi connectivity index (χ2n) is 16.9. The van der Waals surface area contributed by atoms with Gasteiger partial charge in [-0.3, -0.25) is 13.3 Å². The average Bonchev–Trinajstić information content (AvgIpc) is 3.48. The summed E-state index contributed by atoms with van der Waals surface area (Å²) < 4.78 is 57.3. The third-order valence-electron chi connectivity index (χ3n) is 9.03. The fourth-order valence-corrected chi connectivity index (χ4v) is 9.44. The Hall–Kier alpha value is -3.99. The van der Waals surface area contributed by atoms with Gasteiger partial charge in [-0.05, 0) is 117 Å². The minimum absolute atomic E-state index is 0.0628. The molecule has 0 aliphatic heterocycles. The Kier molecular flexibility index (Phi) is 16.3. The van der Waals surface area contributed by atoms with Crippen molar-refractivity contribution in [2.45, 2.75) is 137 Å². The van der Waals surface area contributed by atoms with Crippen LogP contribution in [0.5, 0.6) is 5.75 Å². The number of ether oxygens (including phenoxy) is 4. The molecule has 16 heteroatoms. The zero-order valence-electron chi connectivity index (χ0n) is 36.1. The number of hydrogen-bond donors (Lipinski definition) is 0. The van der Waals surface area contributed by atoms with E-state index in [4.69, 9.17) is 23.4 Å². The van der Waals surface area contributed by atoms with Crippen molar-refractivity contribution in [3.63, 3.8) is 0 Å². The minimum Gasteiger partial charge on any atom is -0.755 e. The fourth-order valence-electron chi connectivity index (χ4n) is 6.13. The predicted molar refractivity (Wildman–Crippen MR) is 224 cm³/mol. The van der Waals surface area contributed by atoms with Crippen molar-refractivity contribution < 1.29 is 46.5 Å². The van der Waals surface area contributed by atoms with Crippen LogP contribution in [-0.4, -0.2) is 93.0 Å². The molecule has 2 aromatic carbocycles. The number of nitrogens with zero attached hydrogens (tertiary/aromatic N) is 4. The van der Waals surface area contributed by atoms with Crippen LogP contribution in [0, 0.1) is 0 Å². The first-order valence-corrected chi connectivity index (χ1v) is 23.2. The molecule has 318 valence electrons. The lowest BCUT2D eigenvalue weighted by Crippen LogP contribution is -2.45. The van der Waals surface area contributed by atoms with E-state index in [-0.39, 0.29) is 25.4 Å². The standard InChI is InChI=1S/C41H64N4O10SSi/c1-14-33-32-22-21-31(26-34(32)45(42-33)38(48)54-41(11,12)13)51-24-23-43(37(47)53-40(8,9)10)27-35(55-57(15-2,16-3)17-4)29-19-18-20-30(25-29)44(56(49)50)28-36(46)52-39(5,6)7/h18-22,25-26,35H,14-17,23-24,27-28H2,1-13H3,(H,49,50)/p-1. The fraction of sp³-hybridized carbons (Fsp3) is 0.610. The summed E-state index contributed by atoms with van der Waals surface area (Å²) in [4.78, 5) is 41.2. The van der Waals surface area contributed by atoms with E-state index >= 15 is 0 Å². The van der Waals surface area contributed by atoms with E-state index in [0.29, 0.717) is 23.3 Å². The molecule has 3 rings (SSSR count). The molecule has 0 aliphatic carbocycles.